The largest absolute Gasteiger partial charge is 0.396 e. The zero-order chi connectivity index (χ0) is 13.7. The Hall–Kier alpha value is -0.960. The van der Waals surface area contributed by atoms with Gasteiger partial charge in [0, 0.05) is 32.4 Å². The molecule has 0 aromatic carbocycles. The average molecular weight is 288 g/mol. The zero-order valence-electron chi connectivity index (χ0n) is 10.8. The summed E-state index contributed by atoms with van der Waals surface area (Å²) >= 11 is 0. The summed E-state index contributed by atoms with van der Waals surface area (Å²) in [7, 11) is -3.53. The highest BCUT2D eigenvalue weighted by Gasteiger charge is 2.21. The lowest BCUT2D eigenvalue weighted by Crippen LogP contribution is -2.44. The quantitative estimate of drug-likeness (QED) is 0.766. The van der Waals surface area contributed by atoms with Crippen LogP contribution in [0.5, 0.6) is 0 Å². The maximum Gasteiger partial charge on any atom is 0.256 e. The second-order valence-electron chi connectivity index (χ2n) is 4.66. The minimum absolute atomic E-state index is 0.0635. The molecule has 0 bridgehead atoms. The molecule has 19 heavy (non-hydrogen) atoms. The first kappa shape index (κ1) is 14.4. The van der Waals surface area contributed by atoms with Crippen LogP contribution >= 0.6 is 0 Å². The predicted molar refractivity (Wildman–Crippen MR) is 69.7 cm³/mol. The third kappa shape index (κ3) is 4.00. The molecule has 2 rings (SSSR count). The summed E-state index contributed by atoms with van der Waals surface area (Å²) in [5, 5.41) is 14.5. The summed E-state index contributed by atoms with van der Waals surface area (Å²) in [6, 6.07) is 0. The number of aromatic nitrogens is 2. The number of rotatable bonds is 6. The van der Waals surface area contributed by atoms with Crippen molar-refractivity contribution in [3.8, 4) is 0 Å². The van der Waals surface area contributed by atoms with Gasteiger partial charge in [0.25, 0.3) is 10.0 Å². The van der Waals surface area contributed by atoms with Crippen LogP contribution in [0.25, 0.3) is 0 Å². The van der Waals surface area contributed by atoms with Crippen molar-refractivity contribution in [2.75, 3.05) is 19.7 Å². The Balaban J connectivity index is 1.99. The molecule has 2 heterocycles. The zero-order valence-corrected chi connectivity index (χ0v) is 11.6. The van der Waals surface area contributed by atoms with Gasteiger partial charge in [-0.05, 0) is 19.3 Å². The second kappa shape index (κ2) is 6.47. The van der Waals surface area contributed by atoms with Gasteiger partial charge in [-0.1, -0.05) is 6.42 Å². The smallest absolute Gasteiger partial charge is 0.256 e. The fourth-order valence-corrected chi connectivity index (χ4v) is 3.12. The van der Waals surface area contributed by atoms with Crippen LogP contribution in [0, 0.1) is 0 Å². The summed E-state index contributed by atoms with van der Waals surface area (Å²) in [6.45, 7) is 2.07. The number of hydrogen-bond donors (Lipinski definition) is 2. The lowest BCUT2D eigenvalue weighted by atomic mass is 10.2. The molecular weight excluding hydrogens is 268 g/mol. The van der Waals surface area contributed by atoms with Crippen LogP contribution in [-0.2, 0) is 16.6 Å². The number of aliphatic hydroxyl groups excluding tert-OH is 1. The van der Waals surface area contributed by atoms with Crippen molar-refractivity contribution in [3.63, 3.8) is 0 Å². The summed E-state index contributed by atoms with van der Waals surface area (Å²) in [4.78, 5) is 2.75. The lowest BCUT2D eigenvalue weighted by molar-refractivity contribution is 0.200. The predicted octanol–water partition coefficient (Wildman–Crippen LogP) is -0.0553. The Morgan fingerprint density at radius 1 is 1.32 bits per heavy atom. The van der Waals surface area contributed by atoms with Crippen molar-refractivity contribution in [3.05, 3.63) is 12.4 Å². The van der Waals surface area contributed by atoms with Gasteiger partial charge < -0.3 is 5.11 Å². The van der Waals surface area contributed by atoms with Crippen molar-refractivity contribution in [1.29, 1.82) is 0 Å². The molecule has 0 saturated carbocycles. The van der Waals surface area contributed by atoms with Crippen LogP contribution in [0.2, 0.25) is 0 Å². The summed E-state index contributed by atoms with van der Waals surface area (Å²) in [5.41, 5.74) is 0. The summed E-state index contributed by atoms with van der Waals surface area (Å²) < 4.78 is 25.8. The van der Waals surface area contributed by atoms with Gasteiger partial charge in [-0.2, -0.15) is 5.10 Å². The molecule has 1 aliphatic heterocycles. The van der Waals surface area contributed by atoms with E-state index in [1.807, 2.05) is 0 Å². The van der Waals surface area contributed by atoms with Crippen LogP contribution in [0.1, 0.15) is 25.7 Å². The average Bonchev–Trinajstić information content (AvgIpc) is 2.86. The molecule has 1 fully saturated rings. The summed E-state index contributed by atoms with van der Waals surface area (Å²) in [5.74, 6) is 0. The molecule has 8 heteroatoms. The Kier molecular flexibility index (Phi) is 4.92. The van der Waals surface area contributed by atoms with E-state index in [4.69, 9.17) is 5.11 Å². The van der Waals surface area contributed by atoms with E-state index in [1.54, 1.807) is 5.01 Å². The van der Waals surface area contributed by atoms with Crippen molar-refractivity contribution in [2.24, 2.45) is 0 Å². The van der Waals surface area contributed by atoms with E-state index in [1.165, 1.54) is 17.1 Å². The van der Waals surface area contributed by atoms with Crippen molar-refractivity contribution >= 4 is 10.0 Å². The van der Waals surface area contributed by atoms with Crippen LogP contribution in [-0.4, -0.2) is 48.0 Å². The highest BCUT2D eigenvalue weighted by Crippen LogP contribution is 2.11. The van der Waals surface area contributed by atoms with Gasteiger partial charge >= 0.3 is 0 Å². The molecule has 1 saturated heterocycles. The number of aryl methyl sites for hydroxylation is 1. The number of nitrogens with zero attached hydrogens (tertiary/aromatic N) is 3. The monoisotopic (exact) mass is 288 g/mol. The van der Waals surface area contributed by atoms with E-state index in [2.05, 4.69) is 9.93 Å². The SMILES string of the molecule is O=S(=O)(NN1CCCCC1)c1cnn(CCCO)c1. The Labute approximate surface area is 113 Å². The van der Waals surface area contributed by atoms with Gasteiger partial charge in [-0.3, -0.25) is 4.68 Å². The van der Waals surface area contributed by atoms with Gasteiger partial charge in [-0.15, -0.1) is 4.83 Å². The van der Waals surface area contributed by atoms with Gasteiger partial charge in [0.2, 0.25) is 0 Å². The van der Waals surface area contributed by atoms with Crippen LogP contribution < -0.4 is 4.83 Å². The van der Waals surface area contributed by atoms with Crippen molar-refractivity contribution in [2.45, 2.75) is 37.1 Å². The van der Waals surface area contributed by atoms with E-state index in [0.717, 1.165) is 32.4 Å². The fourth-order valence-electron chi connectivity index (χ4n) is 2.05. The summed E-state index contributed by atoms with van der Waals surface area (Å²) in [6.07, 6.45) is 6.56. The normalized spacial score (nSPS) is 17.7. The lowest BCUT2D eigenvalue weighted by Gasteiger charge is -2.26. The molecular formula is C11H20N4O3S. The van der Waals surface area contributed by atoms with Gasteiger partial charge in [0.15, 0.2) is 0 Å². The Morgan fingerprint density at radius 2 is 2.05 bits per heavy atom. The molecule has 1 aromatic rings. The molecule has 7 nitrogen and oxygen atoms in total. The molecule has 0 atom stereocenters. The van der Waals surface area contributed by atoms with Crippen molar-refractivity contribution < 1.29 is 13.5 Å². The number of piperidine rings is 1. The minimum atomic E-state index is -3.53. The first-order valence-corrected chi connectivity index (χ1v) is 8.01. The van der Waals surface area contributed by atoms with Crippen molar-refractivity contribution in [1.82, 2.24) is 19.6 Å². The van der Waals surface area contributed by atoms with Crippen LogP contribution in [0.3, 0.4) is 0 Å². The van der Waals surface area contributed by atoms with Crippen LogP contribution in [0.15, 0.2) is 17.3 Å². The maximum atomic E-state index is 12.1. The third-order valence-electron chi connectivity index (χ3n) is 3.07. The Bertz CT molecular complexity index is 494. The number of hydrazine groups is 1. The molecule has 108 valence electrons. The topological polar surface area (TPSA) is 87.5 Å². The molecule has 0 amide bonds. The van der Waals surface area contributed by atoms with Gasteiger partial charge in [0.1, 0.15) is 4.90 Å². The highest BCUT2D eigenvalue weighted by molar-refractivity contribution is 7.89. The molecule has 0 radical (unpaired) electrons. The second-order valence-corrected chi connectivity index (χ2v) is 6.32. The van der Waals surface area contributed by atoms with Gasteiger partial charge in [-0.25, -0.2) is 13.4 Å². The minimum Gasteiger partial charge on any atom is -0.396 e. The first-order chi connectivity index (χ1) is 9.12. The van der Waals surface area contributed by atoms with E-state index in [-0.39, 0.29) is 11.5 Å². The molecule has 0 aliphatic carbocycles. The fraction of sp³-hybridized carbons (Fsp3) is 0.727. The van der Waals surface area contributed by atoms with E-state index < -0.39 is 10.0 Å². The van der Waals surface area contributed by atoms with Gasteiger partial charge in [0.05, 0.1) is 6.20 Å². The standard InChI is InChI=1S/C11H20N4O3S/c16-8-4-7-15-10-11(9-12-15)19(17,18)13-14-5-2-1-3-6-14/h9-10,13,16H,1-8H2. The number of aliphatic hydroxyl groups is 1. The molecule has 1 aromatic heterocycles. The first-order valence-electron chi connectivity index (χ1n) is 6.52. The van der Waals surface area contributed by atoms with E-state index >= 15 is 0 Å². The number of nitrogens with one attached hydrogen (secondary N) is 1. The molecule has 2 N–H and O–H groups in total. The number of hydrogen-bond acceptors (Lipinski definition) is 5. The third-order valence-corrected chi connectivity index (χ3v) is 4.40. The van der Waals surface area contributed by atoms with E-state index in [9.17, 15) is 8.42 Å². The van der Waals surface area contributed by atoms with E-state index in [0.29, 0.717) is 13.0 Å². The number of sulfonamides is 1. The molecule has 0 spiro atoms. The molecule has 1 aliphatic rings. The maximum absolute atomic E-state index is 12.1. The van der Waals surface area contributed by atoms with Crippen LogP contribution in [0.4, 0.5) is 0 Å². The highest BCUT2D eigenvalue weighted by atomic mass is 32.2. The molecule has 0 unspecified atom stereocenters. The Morgan fingerprint density at radius 3 is 2.74 bits per heavy atom.